The third-order valence-electron chi connectivity index (χ3n) is 3.10. The molecule has 5 nitrogen and oxygen atoms in total. The van der Waals surface area contributed by atoms with E-state index in [-0.39, 0.29) is 5.82 Å². The molecule has 0 amide bonds. The first-order valence-corrected chi connectivity index (χ1v) is 7.31. The van der Waals surface area contributed by atoms with Crippen LogP contribution in [0.5, 0.6) is 0 Å². The van der Waals surface area contributed by atoms with Crippen molar-refractivity contribution in [1.82, 2.24) is 15.0 Å². The van der Waals surface area contributed by atoms with Gasteiger partial charge in [0.15, 0.2) is 0 Å². The zero-order valence-corrected chi connectivity index (χ0v) is 12.6. The number of nitrogens with one attached hydrogen (secondary N) is 2. The average Bonchev–Trinajstić information content (AvgIpc) is 2.58. The largest absolute Gasteiger partial charge is 0.354 e. The Morgan fingerprint density at radius 1 is 1.00 bits per heavy atom. The molecule has 0 bridgehead atoms. The van der Waals surface area contributed by atoms with Crippen LogP contribution in [0.1, 0.15) is 6.92 Å². The molecule has 0 saturated heterocycles. The topological polar surface area (TPSA) is 62.7 Å². The van der Waals surface area contributed by atoms with Gasteiger partial charge >= 0.3 is 0 Å². The maximum atomic E-state index is 13.0. The van der Waals surface area contributed by atoms with Crippen LogP contribution in [0.2, 0.25) is 0 Å². The predicted octanol–water partition coefficient (Wildman–Crippen LogP) is 3.85. The highest BCUT2D eigenvalue weighted by atomic mass is 19.1. The van der Waals surface area contributed by atoms with E-state index in [9.17, 15) is 4.39 Å². The van der Waals surface area contributed by atoms with Gasteiger partial charge in [-0.05, 0) is 43.3 Å². The highest BCUT2D eigenvalue weighted by molar-refractivity contribution is 5.65. The minimum Gasteiger partial charge on any atom is -0.354 e. The van der Waals surface area contributed by atoms with Gasteiger partial charge in [-0.15, -0.1) is 0 Å². The Morgan fingerprint density at radius 2 is 1.83 bits per heavy atom. The van der Waals surface area contributed by atoms with Gasteiger partial charge in [0.05, 0.1) is 11.4 Å². The molecule has 0 saturated carbocycles. The van der Waals surface area contributed by atoms with Gasteiger partial charge in [0.2, 0.25) is 5.95 Å². The first-order valence-electron chi connectivity index (χ1n) is 7.31. The van der Waals surface area contributed by atoms with Crippen molar-refractivity contribution in [2.75, 3.05) is 17.2 Å². The Morgan fingerprint density at radius 3 is 2.52 bits per heavy atom. The fourth-order valence-corrected chi connectivity index (χ4v) is 2.08. The van der Waals surface area contributed by atoms with Crippen molar-refractivity contribution in [2.24, 2.45) is 0 Å². The molecule has 3 aromatic rings. The van der Waals surface area contributed by atoms with Crippen molar-refractivity contribution < 1.29 is 4.39 Å². The van der Waals surface area contributed by atoms with Crippen molar-refractivity contribution in [2.45, 2.75) is 6.92 Å². The second-order valence-corrected chi connectivity index (χ2v) is 4.84. The predicted molar refractivity (Wildman–Crippen MR) is 89.1 cm³/mol. The van der Waals surface area contributed by atoms with Crippen LogP contribution in [-0.4, -0.2) is 21.5 Å². The van der Waals surface area contributed by atoms with Gasteiger partial charge in [-0.2, -0.15) is 4.98 Å². The maximum absolute atomic E-state index is 13.0. The third kappa shape index (κ3) is 3.79. The molecule has 0 aliphatic heterocycles. The first kappa shape index (κ1) is 14.9. The minimum absolute atomic E-state index is 0.277. The number of hydrogen-bond donors (Lipinski definition) is 2. The molecular weight excluding hydrogens is 293 g/mol. The fraction of sp³-hybridized carbons (Fsp3) is 0.118. The molecule has 0 spiro atoms. The van der Waals surface area contributed by atoms with Crippen LogP contribution in [0.15, 0.2) is 54.7 Å². The molecule has 1 aromatic carbocycles. The number of nitrogens with zero attached hydrogens (tertiary/aromatic N) is 3. The number of hydrogen-bond acceptors (Lipinski definition) is 5. The zero-order valence-electron chi connectivity index (χ0n) is 12.6. The van der Waals surface area contributed by atoms with Gasteiger partial charge < -0.3 is 10.6 Å². The minimum atomic E-state index is -0.277. The van der Waals surface area contributed by atoms with Gasteiger partial charge in [0.1, 0.15) is 11.6 Å². The normalized spacial score (nSPS) is 10.3. The average molecular weight is 309 g/mol. The molecule has 116 valence electrons. The molecule has 6 heteroatoms. The lowest BCUT2D eigenvalue weighted by molar-refractivity contribution is 0.628. The Bertz CT molecular complexity index is 775. The molecule has 0 unspecified atom stereocenters. The molecule has 0 aliphatic carbocycles. The van der Waals surface area contributed by atoms with E-state index in [0.29, 0.717) is 24.0 Å². The summed E-state index contributed by atoms with van der Waals surface area (Å²) in [5.74, 6) is 0.851. The summed E-state index contributed by atoms with van der Waals surface area (Å²) in [4.78, 5) is 13.2. The molecule has 0 aliphatic rings. The summed E-state index contributed by atoms with van der Waals surface area (Å²) in [7, 11) is 0. The monoisotopic (exact) mass is 309 g/mol. The van der Waals surface area contributed by atoms with Crippen LogP contribution in [-0.2, 0) is 0 Å². The molecular formula is C17H16FN5. The van der Waals surface area contributed by atoms with E-state index in [2.05, 4.69) is 25.6 Å². The zero-order chi connectivity index (χ0) is 16.1. The van der Waals surface area contributed by atoms with Crippen LogP contribution in [0.3, 0.4) is 0 Å². The number of halogens is 1. The summed E-state index contributed by atoms with van der Waals surface area (Å²) in [5.41, 5.74) is 2.22. The number of pyridine rings is 1. The number of benzene rings is 1. The Hall–Kier alpha value is -3.02. The van der Waals surface area contributed by atoms with Crippen LogP contribution >= 0.6 is 0 Å². The highest BCUT2D eigenvalue weighted by Crippen LogP contribution is 2.22. The lowest BCUT2D eigenvalue weighted by Gasteiger charge is -2.10. The molecule has 0 radical (unpaired) electrons. The molecule has 0 fully saturated rings. The van der Waals surface area contributed by atoms with Crippen LogP contribution in [0.4, 0.5) is 21.8 Å². The summed E-state index contributed by atoms with van der Waals surface area (Å²) in [5, 5.41) is 6.26. The van der Waals surface area contributed by atoms with Gasteiger partial charge in [-0.1, -0.05) is 6.07 Å². The summed E-state index contributed by atoms with van der Waals surface area (Å²) >= 11 is 0. The summed E-state index contributed by atoms with van der Waals surface area (Å²) in [6.07, 6.45) is 1.72. The molecule has 3 rings (SSSR count). The summed E-state index contributed by atoms with van der Waals surface area (Å²) in [6, 6.07) is 13.6. The van der Waals surface area contributed by atoms with Crippen LogP contribution in [0.25, 0.3) is 11.4 Å². The van der Waals surface area contributed by atoms with Crippen molar-refractivity contribution in [3.8, 4) is 11.4 Å². The SMILES string of the molecule is CCNc1nc(Nc2ccc(F)cc2)cc(-c2ccccn2)n1. The lowest BCUT2D eigenvalue weighted by Crippen LogP contribution is -2.05. The number of aromatic nitrogens is 3. The molecule has 2 heterocycles. The van der Waals surface area contributed by atoms with E-state index in [0.717, 1.165) is 11.4 Å². The quantitative estimate of drug-likeness (QED) is 0.749. The first-order chi connectivity index (χ1) is 11.2. The van der Waals surface area contributed by atoms with Crippen LogP contribution < -0.4 is 10.6 Å². The van der Waals surface area contributed by atoms with Gasteiger partial charge in [-0.25, -0.2) is 9.37 Å². The van der Waals surface area contributed by atoms with Crippen molar-refractivity contribution in [1.29, 1.82) is 0 Å². The third-order valence-corrected chi connectivity index (χ3v) is 3.10. The van der Waals surface area contributed by atoms with Gasteiger partial charge in [0.25, 0.3) is 0 Å². The number of anilines is 3. The van der Waals surface area contributed by atoms with E-state index >= 15 is 0 Å². The lowest BCUT2D eigenvalue weighted by atomic mass is 10.2. The molecule has 2 N–H and O–H groups in total. The van der Waals surface area contributed by atoms with E-state index in [1.807, 2.05) is 31.2 Å². The standard InChI is InChI=1S/C17H16FN5/c1-2-19-17-22-15(14-5-3-4-10-20-14)11-16(23-17)21-13-8-6-12(18)7-9-13/h3-11H,2H2,1H3,(H2,19,21,22,23). The summed E-state index contributed by atoms with van der Waals surface area (Å²) in [6.45, 7) is 2.69. The van der Waals surface area contributed by atoms with Gasteiger partial charge in [-0.3, -0.25) is 4.98 Å². The Balaban J connectivity index is 1.95. The van der Waals surface area contributed by atoms with E-state index in [4.69, 9.17) is 0 Å². The van der Waals surface area contributed by atoms with Crippen molar-refractivity contribution in [3.63, 3.8) is 0 Å². The van der Waals surface area contributed by atoms with E-state index in [1.54, 1.807) is 18.3 Å². The second kappa shape index (κ2) is 6.83. The Kier molecular flexibility index (Phi) is 4.42. The molecule has 2 aromatic heterocycles. The van der Waals surface area contributed by atoms with E-state index in [1.165, 1.54) is 12.1 Å². The highest BCUT2D eigenvalue weighted by Gasteiger charge is 2.07. The number of rotatable bonds is 5. The molecule has 23 heavy (non-hydrogen) atoms. The van der Waals surface area contributed by atoms with Crippen molar-refractivity contribution >= 4 is 17.5 Å². The molecule has 0 atom stereocenters. The summed E-state index contributed by atoms with van der Waals surface area (Å²) < 4.78 is 13.0. The second-order valence-electron chi connectivity index (χ2n) is 4.84. The Labute approximate surface area is 133 Å². The van der Waals surface area contributed by atoms with Crippen LogP contribution in [0, 0.1) is 5.82 Å². The fourth-order valence-electron chi connectivity index (χ4n) is 2.08. The van der Waals surface area contributed by atoms with Gasteiger partial charge in [0, 0.05) is 24.5 Å². The smallest absolute Gasteiger partial charge is 0.225 e. The van der Waals surface area contributed by atoms with E-state index < -0.39 is 0 Å². The maximum Gasteiger partial charge on any atom is 0.225 e. The van der Waals surface area contributed by atoms with Crippen molar-refractivity contribution in [3.05, 3.63) is 60.5 Å².